The van der Waals surface area contributed by atoms with Gasteiger partial charge in [0, 0.05) is 23.8 Å². The molecule has 144 valence electrons. The van der Waals surface area contributed by atoms with Gasteiger partial charge in [0.15, 0.2) is 0 Å². The van der Waals surface area contributed by atoms with Gasteiger partial charge < -0.3 is 15.0 Å². The zero-order chi connectivity index (χ0) is 19.1. The van der Waals surface area contributed by atoms with Gasteiger partial charge in [-0.15, -0.1) is 0 Å². The van der Waals surface area contributed by atoms with E-state index in [9.17, 15) is 4.79 Å². The van der Waals surface area contributed by atoms with Crippen LogP contribution in [0, 0.1) is 19.8 Å². The Labute approximate surface area is 160 Å². The largest absolute Gasteiger partial charge is 0.376 e. The number of benzene rings is 1. The summed E-state index contributed by atoms with van der Waals surface area (Å²) in [6.07, 6.45) is 1.29. The van der Waals surface area contributed by atoms with E-state index in [2.05, 4.69) is 42.4 Å². The third kappa shape index (κ3) is 3.39. The first-order valence-corrected chi connectivity index (χ1v) is 9.63. The molecule has 1 amide bonds. The van der Waals surface area contributed by atoms with Crippen molar-refractivity contribution < 1.29 is 9.53 Å². The zero-order valence-electron chi connectivity index (χ0n) is 16.5. The maximum atomic E-state index is 12.7. The van der Waals surface area contributed by atoms with E-state index >= 15 is 0 Å². The van der Waals surface area contributed by atoms with Crippen molar-refractivity contribution in [1.29, 1.82) is 0 Å². The third-order valence-electron chi connectivity index (χ3n) is 5.90. The highest BCUT2D eigenvalue weighted by Gasteiger charge is 2.55. The van der Waals surface area contributed by atoms with Crippen LogP contribution in [0.1, 0.15) is 33.7 Å². The van der Waals surface area contributed by atoms with Crippen molar-refractivity contribution >= 4 is 5.91 Å². The number of aryl methyl sites for hydroxylation is 2. The van der Waals surface area contributed by atoms with Crippen molar-refractivity contribution in [2.45, 2.75) is 45.0 Å². The van der Waals surface area contributed by atoms with Crippen LogP contribution in [-0.2, 0) is 11.3 Å². The van der Waals surface area contributed by atoms with Crippen molar-refractivity contribution in [3.05, 3.63) is 52.8 Å². The SMILES string of the molecule is Cc1cc(C)n(Cc2ccc(C(=O)N[C@H]3[C@H]4CCO[C@H]4[C@@H]3N(C)C)cc2)n1. The smallest absolute Gasteiger partial charge is 0.251 e. The number of nitrogens with zero attached hydrogens (tertiary/aromatic N) is 3. The van der Waals surface area contributed by atoms with E-state index in [0.717, 1.165) is 30.0 Å². The van der Waals surface area contributed by atoms with Crippen LogP contribution in [0.25, 0.3) is 0 Å². The lowest BCUT2D eigenvalue weighted by molar-refractivity contribution is -0.0664. The molecular weight excluding hydrogens is 340 g/mol. The van der Waals surface area contributed by atoms with Crippen molar-refractivity contribution in [1.82, 2.24) is 20.0 Å². The Morgan fingerprint density at radius 3 is 2.67 bits per heavy atom. The van der Waals surface area contributed by atoms with E-state index in [-0.39, 0.29) is 24.1 Å². The van der Waals surface area contributed by atoms with Gasteiger partial charge in [0.25, 0.3) is 5.91 Å². The lowest BCUT2D eigenvalue weighted by Crippen LogP contribution is -2.69. The fourth-order valence-corrected chi connectivity index (χ4v) is 4.49. The van der Waals surface area contributed by atoms with Crippen molar-refractivity contribution in [2.24, 2.45) is 5.92 Å². The number of nitrogens with one attached hydrogen (secondary N) is 1. The number of carbonyl (C=O) groups excluding carboxylic acids is 1. The zero-order valence-corrected chi connectivity index (χ0v) is 16.5. The fraction of sp³-hybridized carbons (Fsp3) is 0.524. The van der Waals surface area contributed by atoms with Gasteiger partial charge in [-0.05, 0) is 58.1 Å². The number of aromatic nitrogens is 2. The van der Waals surface area contributed by atoms with Gasteiger partial charge in [-0.25, -0.2) is 0 Å². The number of ether oxygens (including phenoxy) is 1. The predicted octanol–water partition coefficient (Wildman–Crippen LogP) is 2.00. The molecule has 1 N–H and O–H groups in total. The summed E-state index contributed by atoms with van der Waals surface area (Å²) in [4.78, 5) is 14.9. The molecule has 1 saturated heterocycles. The first kappa shape index (κ1) is 18.2. The second-order valence-electron chi connectivity index (χ2n) is 8.02. The summed E-state index contributed by atoms with van der Waals surface area (Å²) < 4.78 is 7.81. The monoisotopic (exact) mass is 368 g/mol. The Morgan fingerprint density at radius 2 is 2.04 bits per heavy atom. The van der Waals surface area contributed by atoms with Crippen LogP contribution in [0.5, 0.6) is 0 Å². The van der Waals surface area contributed by atoms with Gasteiger partial charge in [-0.3, -0.25) is 9.48 Å². The molecular formula is C21H28N4O2. The molecule has 2 aliphatic rings. The minimum atomic E-state index is -0.00476. The molecule has 6 heteroatoms. The van der Waals surface area contributed by atoms with E-state index < -0.39 is 0 Å². The van der Waals surface area contributed by atoms with Gasteiger partial charge in [-0.2, -0.15) is 5.10 Å². The standard InChI is InChI=1S/C21H28N4O2/c1-13-11-14(2)25(23-13)12-15-5-7-16(8-6-15)21(26)22-18-17-9-10-27-20(17)19(18)24(3)4/h5-8,11,17-20H,9-10,12H2,1-4H3,(H,22,26)/t17-,18+,19-,20-/m1/s1. The van der Waals surface area contributed by atoms with E-state index in [1.807, 2.05) is 35.9 Å². The van der Waals surface area contributed by atoms with Crippen LogP contribution in [0.15, 0.2) is 30.3 Å². The van der Waals surface area contributed by atoms with Crippen molar-refractivity contribution in [3.8, 4) is 0 Å². The molecule has 1 aliphatic heterocycles. The normalized spacial score (nSPS) is 26.7. The second-order valence-corrected chi connectivity index (χ2v) is 8.02. The molecule has 27 heavy (non-hydrogen) atoms. The molecule has 4 rings (SSSR count). The van der Waals surface area contributed by atoms with Gasteiger partial charge >= 0.3 is 0 Å². The molecule has 6 nitrogen and oxygen atoms in total. The van der Waals surface area contributed by atoms with Crippen LogP contribution in [0.2, 0.25) is 0 Å². The number of likely N-dealkylation sites (N-methyl/N-ethyl adjacent to an activating group) is 1. The van der Waals surface area contributed by atoms with Crippen LogP contribution < -0.4 is 5.32 Å². The lowest BCUT2D eigenvalue weighted by Gasteiger charge is -2.50. The van der Waals surface area contributed by atoms with Crippen LogP contribution in [0.4, 0.5) is 0 Å². The summed E-state index contributed by atoms with van der Waals surface area (Å²) in [6, 6.07) is 10.3. The molecule has 0 spiro atoms. The molecule has 1 aromatic heterocycles. The molecule has 4 atom stereocenters. The van der Waals surface area contributed by atoms with Crippen LogP contribution in [0.3, 0.4) is 0 Å². The van der Waals surface area contributed by atoms with Crippen LogP contribution in [-0.4, -0.2) is 59.5 Å². The molecule has 0 radical (unpaired) electrons. The topological polar surface area (TPSA) is 59.4 Å². The minimum absolute atomic E-state index is 0.00476. The number of hydrogen-bond acceptors (Lipinski definition) is 4. The van der Waals surface area contributed by atoms with Gasteiger partial charge in [-0.1, -0.05) is 12.1 Å². The minimum Gasteiger partial charge on any atom is -0.376 e. The molecule has 2 heterocycles. The highest BCUT2D eigenvalue weighted by Crippen LogP contribution is 2.41. The van der Waals surface area contributed by atoms with E-state index in [4.69, 9.17) is 4.74 Å². The maximum Gasteiger partial charge on any atom is 0.251 e. The quantitative estimate of drug-likeness (QED) is 0.877. The molecule has 1 aliphatic carbocycles. The molecule has 1 aromatic carbocycles. The highest BCUT2D eigenvalue weighted by atomic mass is 16.5. The Morgan fingerprint density at radius 1 is 1.30 bits per heavy atom. The van der Waals surface area contributed by atoms with Crippen molar-refractivity contribution in [2.75, 3.05) is 20.7 Å². The molecule has 0 unspecified atom stereocenters. The Balaban J connectivity index is 1.41. The first-order valence-electron chi connectivity index (χ1n) is 9.63. The Hall–Kier alpha value is -2.18. The average molecular weight is 368 g/mol. The predicted molar refractivity (Wildman–Crippen MR) is 104 cm³/mol. The number of rotatable bonds is 5. The van der Waals surface area contributed by atoms with Gasteiger partial charge in [0.2, 0.25) is 0 Å². The number of carbonyl (C=O) groups is 1. The summed E-state index contributed by atoms with van der Waals surface area (Å²) in [5.41, 5.74) is 4.00. The highest BCUT2D eigenvalue weighted by molar-refractivity contribution is 5.94. The number of amides is 1. The summed E-state index contributed by atoms with van der Waals surface area (Å²) in [6.45, 7) is 5.57. The molecule has 2 aromatic rings. The summed E-state index contributed by atoms with van der Waals surface area (Å²) >= 11 is 0. The lowest BCUT2D eigenvalue weighted by atomic mass is 9.71. The summed E-state index contributed by atoms with van der Waals surface area (Å²) in [7, 11) is 4.10. The Bertz CT molecular complexity index is 827. The maximum absolute atomic E-state index is 12.7. The second kappa shape index (κ2) is 7.09. The summed E-state index contributed by atoms with van der Waals surface area (Å²) in [5.74, 6) is 0.432. The van der Waals surface area contributed by atoms with Gasteiger partial charge in [0.05, 0.1) is 30.4 Å². The number of fused-ring (bicyclic) bond motifs is 1. The first-order chi connectivity index (χ1) is 12.9. The third-order valence-corrected chi connectivity index (χ3v) is 5.90. The van der Waals surface area contributed by atoms with E-state index in [1.165, 1.54) is 0 Å². The summed E-state index contributed by atoms with van der Waals surface area (Å²) in [5, 5.41) is 7.74. The average Bonchev–Trinajstić information content (AvgIpc) is 3.16. The number of hydrogen-bond donors (Lipinski definition) is 1. The molecule has 0 bridgehead atoms. The molecule has 1 saturated carbocycles. The van der Waals surface area contributed by atoms with E-state index in [1.54, 1.807) is 0 Å². The Kier molecular flexibility index (Phi) is 4.78. The fourth-order valence-electron chi connectivity index (χ4n) is 4.49. The molecule has 2 fully saturated rings. The van der Waals surface area contributed by atoms with Crippen LogP contribution >= 0.6 is 0 Å². The van der Waals surface area contributed by atoms with Gasteiger partial charge in [0.1, 0.15) is 0 Å². The van der Waals surface area contributed by atoms with Crippen molar-refractivity contribution in [3.63, 3.8) is 0 Å². The van der Waals surface area contributed by atoms with E-state index in [0.29, 0.717) is 18.0 Å².